The SMILES string of the molecule is CN(c1ncnc2[nH]c3cc(F)ccc3c12)C1CCCS(=O)(=O)C1. The standard InChI is InChI=1S/C16H17FN4O2S/c1-21(11-3-2-6-24(22,23)8-11)16-14-12-5-4-10(17)7-13(12)20-15(14)18-9-19-16/h4-5,7,9,11H,2-3,6,8H2,1H3,(H,18,19,20). The molecule has 3 heterocycles. The first kappa shape index (κ1) is 15.3. The Labute approximate surface area is 138 Å². The fourth-order valence-electron chi connectivity index (χ4n) is 3.43. The van der Waals surface area contributed by atoms with Crippen LogP contribution in [-0.2, 0) is 9.84 Å². The number of nitrogens with zero attached hydrogens (tertiary/aromatic N) is 3. The van der Waals surface area contributed by atoms with Gasteiger partial charge in [-0.05, 0) is 31.0 Å². The van der Waals surface area contributed by atoms with Gasteiger partial charge in [-0.3, -0.25) is 0 Å². The monoisotopic (exact) mass is 348 g/mol. The smallest absolute Gasteiger partial charge is 0.152 e. The molecule has 1 aliphatic heterocycles. The highest BCUT2D eigenvalue weighted by molar-refractivity contribution is 7.91. The normalized spacial score (nSPS) is 20.5. The van der Waals surface area contributed by atoms with Gasteiger partial charge in [-0.25, -0.2) is 22.8 Å². The lowest BCUT2D eigenvalue weighted by Gasteiger charge is -2.32. The van der Waals surface area contributed by atoms with Crippen LogP contribution in [0.3, 0.4) is 0 Å². The molecule has 1 fully saturated rings. The van der Waals surface area contributed by atoms with Gasteiger partial charge in [-0.2, -0.15) is 0 Å². The lowest BCUT2D eigenvalue weighted by molar-refractivity contribution is 0.539. The lowest BCUT2D eigenvalue weighted by atomic mass is 10.1. The molecule has 1 aromatic carbocycles. The molecule has 3 aromatic rings. The molecule has 0 saturated carbocycles. The predicted molar refractivity (Wildman–Crippen MR) is 91.4 cm³/mol. The molecule has 1 atom stereocenters. The molecule has 4 rings (SSSR count). The van der Waals surface area contributed by atoms with Crippen molar-refractivity contribution in [3.63, 3.8) is 0 Å². The topological polar surface area (TPSA) is 79.0 Å². The maximum Gasteiger partial charge on any atom is 0.152 e. The number of rotatable bonds is 2. The summed E-state index contributed by atoms with van der Waals surface area (Å²) in [6, 6.07) is 4.40. The van der Waals surface area contributed by atoms with E-state index in [9.17, 15) is 12.8 Å². The molecule has 126 valence electrons. The molecular weight excluding hydrogens is 331 g/mol. The van der Waals surface area contributed by atoms with Crippen molar-refractivity contribution >= 4 is 37.6 Å². The molecule has 0 bridgehead atoms. The Morgan fingerprint density at radius 1 is 1.33 bits per heavy atom. The summed E-state index contributed by atoms with van der Waals surface area (Å²) in [6.07, 6.45) is 2.90. The number of fused-ring (bicyclic) bond motifs is 3. The van der Waals surface area contributed by atoms with E-state index in [1.54, 1.807) is 6.07 Å². The van der Waals surface area contributed by atoms with Gasteiger partial charge in [0, 0.05) is 18.5 Å². The Morgan fingerprint density at radius 2 is 2.17 bits per heavy atom. The maximum absolute atomic E-state index is 13.5. The van der Waals surface area contributed by atoms with E-state index >= 15 is 0 Å². The van der Waals surface area contributed by atoms with Crippen LogP contribution in [0.15, 0.2) is 24.5 Å². The van der Waals surface area contributed by atoms with Gasteiger partial charge in [0.2, 0.25) is 0 Å². The van der Waals surface area contributed by atoms with Gasteiger partial charge in [-0.15, -0.1) is 0 Å². The van der Waals surface area contributed by atoms with Crippen LogP contribution in [0.5, 0.6) is 0 Å². The van der Waals surface area contributed by atoms with Gasteiger partial charge >= 0.3 is 0 Å². The highest BCUT2D eigenvalue weighted by atomic mass is 32.2. The Morgan fingerprint density at radius 3 is 2.96 bits per heavy atom. The Bertz CT molecular complexity index is 1030. The second-order valence-electron chi connectivity index (χ2n) is 6.26. The third-order valence-electron chi connectivity index (χ3n) is 4.65. The van der Waals surface area contributed by atoms with E-state index in [1.807, 2.05) is 11.9 Å². The van der Waals surface area contributed by atoms with E-state index in [4.69, 9.17) is 0 Å². The summed E-state index contributed by atoms with van der Waals surface area (Å²) < 4.78 is 37.4. The molecule has 1 saturated heterocycles. The van der Waals surface area contributed by atoms with Crippen molar-refractivity contribution in [2.45, 2.75) is 18.9 Å². The number of nitrogens with one attached hydrogen (secondary N) is 1. The molecule has 0 amide bonds. The number of anilines is 1. The molecule has 1 aliphatic rings. The van der Waals surface area contributed by atoms with Crippen LogP contribution in [-0.4, -0.2) is 48.0 Å². The number of H-pyrrole nitrogens is 1. The quantitative estimate of drug-likeness (QED) is 0.768. The zero-order valence-corrected chi connectivity index (χ0v) is 14.0. The summed E-state index contributed by atoms with van der Waals surface area (Å²) >= 11 is 0. The minimum atomic E-state index is -3.02. The fourth-order valence-corrected chi connectivity index (χ4v) is 5.18. The van der Waals surface area contributed by atoms with Crippen molar-refractivity contribution < 1.29 is 12.8 Å². The molecule has 24 heavy (non-hydrogen) atoms. The number of aromatic nitrogens is 3. The van der Waals surface area contributed by atoms with E-state index in [0.717, 1.165) is 17.2 Å². The van der Waals surface area contributed by atoms with Crippen molar-refractivity contribution in [2.75, 3.05) is 23.5 Å². The average molecular weight is 348 g/mol. The van der Waals surface area contributed by atoms with Crippen LogP contribution in [0.1, 0.15) is 12.8 Å². The van der Waals surface area contributed by atoms with Crippen molar-refractivity contribution in [1.29, 1.82) is 0 Å². The first-order valence-electron chi connectivity index (χ1n) is 7.80. The molecule has 2 aromatic heterocycles. The van der Waals surface area contributed by atoms with E-state index < -0.39 is 9.84 Å². The molecule has 0 aliphatic carbocycles. The van der Waals surface area contributed by atoms with Gasteiger partial charge in [0.1, 0.15) is 23.6 Å². The van der Waals surface area contributed by atoms with Gasteiger partial charge in [0.05, 0.1) is 22.4 Å². The first-order valence-corrected chi connectivity index (χ1v) is 9.62. The Kier molecular flexibility index (Phi) is 3.45. The summed E-state index contributed by atoms with van der Waals surface area (Å²) in [4.78, 5) is 13.6. The van der Waals surface area contributed by atoms with Crippen LogP contribution in [0.4, 0.5) is 10.2 Å². The van der Waals surface area contributed by atoms with Crippen LogP contribution >= 0.6 is 0 Å². The molecule has 8 heteroatoms. The highest BCUT2D eigenvalue weighted by Crippen LogP contribution is 2.32. The van der Waals surface area contributed by atoms with Crippen LogP contribution < -0.4 is 4.90 Å². The van der Waals surface area contributed by atoms with Gasteiger partial charge in [0.25, 0.3) is 0 Å². The van der Waals surface area contributed by atoms with Crippen molar-refractivity contribution in [1.82, 2.24) is 15.0 Å². The third kappa shape index (κ3) is 2.50. The molecule has 1 unspecified atom stereocenters. The molecule has 1 N–H and O–H groups in total. The van der Waals surface area contributed by atoms with Crippen molar-refractivity contribution in [3.8, 4) is 0 Å². The minimum absolute atomic E-state index is 0.118. The number of sulfone groups is 1. The van der Waals surface area contributed by atoms with Gasteiger partial charge in [-0.1, -0.05) is 0 Å². The van der Waals surface area contributed by atoms with Gasteiger partial charge < -0.3 is 9.88 Å². The third-order valence-corrected chi connectivity index (χ3v) is 6.46. The zero-order valence-electron chi connectivity index (χ0n) is 13.2. The van der Waals surface area contributed by atoms with Crippen molar-refractivity contribution in [2.24, 2.45) is 0 Å². The van der Waals surface area contributed by atoms with E-state index in [2.05, 4.69) is 15.0 Å². The van der Waals surface area contributed by atoms with Crippen LogP contribution in [0.25, 0.3) is 21.9 Å². The van der Waals surface area contributed by atoms with E-state index in [1.165, 1.54) is 18.5 Å². The zero-order chi connectivity index (χ0) is 16.9. The number of benzene rings is 1. The minimum Gasteiger partial charge on any atom is -0.355 e. The maximum atomic E-state index is 13.5. The first-order chi connectivity index (χ1) is 11.4. The van der Waals surface area contributed by atoms with Crippen LogP contribution in [0, 0.1) is 5.82 Å². The van der Waals surface area contributed by atoms with Crippen molar-refractivity contribution in [3.05, 3.63) is 30.3 Å². The summed E-state index contributed by atoms with van der Waals surface area (Å²) in [5.41, 5.74) is 1.27. The second kappa shape index (κ2) is 5.41. The largest absolute Gasteiger partial charge is 0.355 e. The molecule has 6 nitrogen and oxygen atoms in total. The number of aromatic amines is 1. The number of halogens is 1. The lowest BCUT2D eigenvalue weighted by Crippen LogP contribution is -2.42. The predicted octanol–water partition coefficient (Wildman–Crippen LogP) is 2.26. The average Bonchev–Trinajstić information content (AvgIpc) is 2.90. The highest BCUT2D eigenvalue weighted by Gasteiger charge is 2.29. The summed E-state index contributed by atoms with van der Waals surface area (Å²) in [5, 5.41) is 1.62. The Balaban J connectivity index is 1.85. The van der Waals surface area contributed by atoms with Crippen LogP contribution in [0.2, 0.25) is 0 Å². The second-order valence-corrected chi connectivity index (χ2v) is 8.49. The van der Waals surface area contributed by atoms with E-state index in [0.29, 0.717) is 23.4 Å². The summed E-state index contributed by atoms with van der Waals surface area (Å²) in [7, 11) is -1.16. The van der Waals surface area contributed by atoms with Gasteiger partial charge in [0.15, 0.2) is 9.84 Å². The Hall–Kier alpha value is -2.22. The molecular formula is C16H17FN4O2S. The summed E-state index contributed by atoms with van der Waals surface area (Å²) in [6.45, 7) is 0. The number of hydrogen-bond acceptors (Lipinski definition) is 5. The molecule has 0 spiro atoms. The number of hydrogen-bond donors (Lipinski definition) is 1. The summed E-state index contributed by atoms with van der Waals surface area (Å²) in [5.74, 6) is 0.727. The van der Waals surface area contributed by atoms with E-state index in [-0.39, 0.29) is 23.4 Å². The molecule has 0 radical (unpaired) electrons. The fraction of sp³-hybridized carbons (Fsp3) is 0.375.